The van der Waals surface area contributed by atoms with Crippen molar-refractivity contribution in [2.75, 3.05) is 19.8 Å². The van der Waals surface area contributed by atoms with Crippen molar-refractivity contribution in [3.63, 3.8) is 0 Å². The quantitative estimate of drug-likeness (QED) is 0.414. The number of aromatic nitrogens is 3. The number of benzene rings is 2. The molecule has 1 fully saturated rings. The minimum atomic E-state index is -0.274. The summed E-state index contributed by atoms with van der Waals surface area (Å²) in [5.41, 5.74) is 7.79. The van der Waals surface area contributed by atoms with Crippen molar-refractivity contribution < 1.29 is 9.13 Å². The van der Waals surface area contributed by atoms with Crippen LogP contribution in [0, 0.1) is 12.7 Å². The van der Waals surface area contributed by atoms with Gasteiger partial charge in [-0.15, -0.1) is 0 Å². The van der Waals surface area contributed by atoms with Crippen molar-refractivity contribution in [3.8, 4) is 22.4 Å². The molecule has 2 aromatic carbocycles. The van der Waals surface area contributed by atoms with Crippen molar-refractivity contribution in [1.82, 2.24) is 19.7 Å². The molecule has 6 rings (SSSR count). The molecule has 0 aliphatic carbocycles. The largest absolute Gasteiger partial charge is 0.378 e. The number of nitrogens with zero attached hydrogens (tertiary/aromatic N) is 3. The topological polar surface area (TPSA) is 51.5 Å². The molecule has 1 N–H and O–H groups in total. The lowest BCUT2D eigenvalue weighted by molar-refractivity contribution is 0.0769. The first-order chi connectivity index (χ1) is 16.2. The Labute approximate surface area is 190 Å². The number of aryl methyl sites for hydroxylation is 1. The fourth-order valence-corrected chi connectivity index (χ4v) is 4.59. The number of pyridine rings is 2. The Morgan fingerprint density at radius 2 is 1.91 bits per heavy atom. The van der Waals surface area contributed by atoms with E-state index in [1.807, 2.05) is 29.8 Å². The van der Waals surface area contributed by atoms with E-state index in [9.17, 15) is 4.39 Å². The highest BCUT2D eigenvalue weighted by Gasteiger charge is 2.16. The maximum Gasteiger partial charge on any atom is 0.137 e. The number of hydrogen-bond acceptors (Lipinski definition) is 4. The Bertz CT molecular complexity index is 1470. The molecular weight excluding hydrogens is 415 g/mol. The molecular formula is C27H23FN4O. The SMILES string of the molecule is Cc1cc(-c2cnc3cc(-c4ccc(C5COCCN5)cc4)ccn23)c2cc(F)ccc2n1. The molecule has 1 atom stereocenters. The number of ether oxygens (including phenoxy) is 1. The molecule has 0 saturated carbocycles. The molecule has 1 aliphatic rings. The molecule has 5 aromatic rings. The number of rotatable bonds is 3. The van der Waals surface area contributed by atoms with Crippen molar-refractivity contribution in [2.24, 2.45) is 0 Å². The molecule has 6 heteroatoms. The lowest BCUT2D eigenvalue weighted by atomic mass is 10.0. The van der Waals surface area contributed by atoms with Crippen LogP contribution in [-0.4, -0.2) is 34.1 Å². The summed E-state index contributed by atoms with van der Waals surface area (Å²) in [6, 6.07) is 19.7. The minimum absolute atomic E-state index is 0.244. The number of halogens is 1. The van der Waals surface area contributed by atoms with Gasteiger partial charge in [0.05, 0.1) is 36.7 Å². The van der Waals surface area contributed by atoms with Gasteiger partial charge in [-0.2, -0.15) is 0 Å². The Hall–Kier alpha value is -3.61. The molecule has 1 saturated heterocycles. The summed E-state index contributed by atoms with van der Waals surface area (Å²) in [7, 11) is 0. The summed E-state index contributed by atoms with van der Waals surface area (Å²) in [5, 5.41) is 4.27. The van der Waals surface area contributed by atoms with Crippen LogP contribution in [0.2, 0.25) is 0 Å². The average molecular weight is 439 g/mol. The first-order valence-corrected chi connectivity index (χ1v) is 11.1. The Morgan fingerprint density at radius 3 is 2.73 bits per heavy atom. The van der Waals surface area contributed by atoms with E-state index >= 15 is 0 Å². The summed E-state index contributed by atoms with van der Waals surface area (Å²) in [6.45, 7) is 4.30. The van der Waals surface area contributed by atoms with Gasteiger partial charge in [0.25, 0.3) is 0 Å². The van der Waals surface area contributed by atoms with E-state index in [0.29, 0.717) is 6.61 Å². The molecule has 0 bridgehead atoms. The van der Waals surface area contributed by atoms with Crippen molar-refractivity contribution in [3.05, 3.63) is 90.1 Å². The van der Waals surface area contributed by atoms with Crippen LogP contribution in [0.15, 0.2) is 73.1 Å². The highest BCUT2D eigenvalue weighted by atomic mass is 19.1. The minimum Gasteiger partial charge on any atom is -0.378 e. The first kappa shape index (κ1) is 20.0. The molecule has 1 unspecified atom stereocenters. The summed E-state index contributed by atoms with van der Waals surface area (Å²) in [6.07, 6.45) is 3.87. The van der Waals surface area contributed by atoms with Crippen molar-refractivity contribution in [2.45, 2.75) is 13.0 Å². The van der Waals surface area contributed by atoms with Gasteiger partial charge in [-0.25, -0.2) is 9.37 Å². The van der Waals surface area contributed by atoms with Gasteiger partial charge in [-0.3, -0.25) is 9.38 Å². The fraction of sp³-hybridized carbons (Fsp3) is 0.185. The van der Waals surface area contributed by atoms with Crippen LogP contribution in [0.4, 0.5) is 4.39 Å². The zero-order valence-corrected chi connectivity index (χ0v) is 18.3. The van der Waals surface area contributed by atoms with Crippen LogP contribution in [0.25, 0.3) is 38.9 Å². The molecule has 5 nitrogen and oxygen atoms in total. The smallest absolute Gasteiger partial charge is 0.137 e. The third kappa shape index (κ3) is 3.67. The normalized spacial score (nSPS) is 16.5. The maximum absolute atomic E-state index is 14.0. The van der Waals surface area contributed by atoms with Gasteiger partial charge in [-0.05, 0) is 60.0 Å². The van der Waals surface area contributed by atoms with Gasteiger partial charge in [-0.1, -0.05) is 24.3 Å². The molecule has 164 valence electrons. The molecule has 33 heavy (non-hydrogen) atoms. The highest BCUT2D eigenvalue weighted by molar-refractivity contribution is 5.94. The summed E-state index contributed by atoms with van der Waals surface area (Å²) in [5.74, 6) is -0.274. The summed E-state index contributed by atoms with van der Waals surface area (Å²) in [4.78, 5) is 9.21. The Morgan fingerprint density at radius 1 is 1.03 bits per heavy atom. The number of imidazole rings is 1. The molecule has 4 heterocycles. The summed E-state index contributed by atoms with van der Waals surface area (Å²) >= 11 is 0. The van der Waals surface area contributed by atoms with Gasteiger partial charge in [0.15, 0.2) is 0 Å². The molecule has 0 spiro atoms. The van der Waals surface area contributed by atoms with E-state index in [4.69, 9.17) is 4.74 Å². The van der Waals surface area contributed by atoms with E-state index in [2.05, 4.69) is 51.7 Å². The molecule has 0 radical (unpaired) electrons. The molecule has 1 aliphatic heterocycles. The fourth-order valence-electron chi connectivity index (χ4n) is 4.59. The second kappa shape index (κ2) is 8.06. The molecule has 0 amide bonds. The van der Waals surface area contributed by atoms with Crippen LogP contribution in [0.3, 0.4) is 0 Å². The van der Waals surface area contributed by atoms with E-state index < -0.39 is 0 Å². The van der Waals surface area contributed by atoms with Crippen LogP contribution >= 0.6 is 0 Å². The highest BCUT2D eigenvalue weighted by Crippen LogP contribution is 2.31. The van der Waals surface area contributed by atoms with E-state index in [-0.39, 0.29) is 11.9 Å². The van der Waals surface area contributed by atoms with Gasteiger partial charge in [0.1, 0.15) is 11.5 Å². The maximum atomic E-state index is 14.0. The van der Waals surface area contributed by atoms with Gasteiger partial charge < -0.3 is 10.1 Å². The van der Waals surface area contributed by atoms with Crippen molar-refractivity contribution >= 4 is 16.6 Å². The monoisotopic (exact) mass is 438 g/mol. The number of hydrogen-bond donors (Lipinski definition) is 1. The first-order valence-electron chi connectivity index (χ1n) is 11.1. The predicted octanol–water partition coefficient (Wildman–Crippen LogP) is 5.32. The standard InChI is InChI=1S/C27H23FN4O/c1-17-12-23(22-14-21(28)6-7-24(22)31-17)26-15-30-27-13-20(8-10-32(26)27)18-2-4-19(5-3-18)25-16-33-11-9-29-25/h2-8,10,12-15,25,29H,9,11,16H2,1H3. The number of fused-ring (bicyclic) bond motifs is 2. The van der Waals surface area contributed by atoms with Crippen molar-refractivity contribution in [1.29, 1.82) is 0 Å². The zero-order valence-electron chi connectivity index (χ0n) is 18.3. The van der Waals surface area contributed by atoms with Gasteiger partial charge >= 0.3 is 0 Å². The van der Waals surface area contributed by atoms with Crippen LogP contribution in [0.5, 0.6) is 0 Å². The summed E-state index contributed by atoms with van der Waals surface area (Å²) < 4.78 is 21.6. The number of nitrogens with one attached hydrogen (secondary N) is 1. The van der Waals surface area contributed by atoms with Crippen LogP contribution in [0.1, 0.15) is 17.3 Å². The van der Waals surface area contributed by atoms with Gasteiger partial charge in [0.2, 0.25) is 0 Å². The number of morpholine rings is 1. The second-order valence-corrected chi connectivity index (χ2v) is 8.46. The average Bonchev–Trinajstić information content (AvgIpc) is 3.28. The Kier molecular flexibility index (Phi) is 4.89. The van der Waals surface area contributed by atoms with E-state index in [1.54, 1.807) is 12.1 Å². The third-order valence-corrected chi connectivity index (χ3v) is 6.26. The van der Waals surface area contributed by atoms with Crippen LogP contribution < -0.4 is 5.32 Å². The predicted molar refractivity (Wildman–Crippen MR) is 128 cm³/mol. The lowest BCUT2D eigenvalue weighted by Gasteiger charge is -2.24. The van der Waals surface area contributed by atoms with E-state index in [0.717, 1.165) is 57.8 Å². The lowest BCUT2D eigenvalue weighted by Crippen LogP contribution is -2.34. The zero-order chi connectivity index (χ0) is 22.4. The molecule has 3 aromatic heterocycles. The van der Waals surface area contributed by atoms with E-state index in [1.165, 1.54) is 11.6 Å². The van der Waals surface area contributed by atoms with Gasteiger partial charge in [0, 0.05) is 29.4 Å². The van der Waals surface area contributed by atoms with Crippen LogP contribution in [-0.2, 0) is 4.74 Å². The Balaban J connectivity index is 1.38. The third-order valence-electron chi connectivity index (χ3n) is 6.26. The second-order valence-electron chi connectivity index (χ2n) is 8.46.